The number of hydrogen-bond acceptors (Lipinski definition) is 2. The van der Waals surface area contributed by atoms with Gasteiger partial charge in [0, 0.05) is 11.8 Å². The highest BCUT2D eigenvalue weighted by Crippen LogP contribution is 2.42. The number of nitrogens with zero attached hydrogens (tertiary/aromatic N) is 1. The van der Waals surface area contributed by atoms with Crippen molar-refractivity contribution in [2.75, 3.05) is 0 Å². The molecule has 1 fully saturated rings. The van der Waals surface area contributed by atoms with Crippen LogP contribution in [0.2, 0.25) is 6.32 Å². The Labute approximate surface area is 134 Å². The van der Waals surface area contributed by atoms with Gasteiger partial charge in [-0.25, -0.2) is 0 Å². The highest BCUT2D eigenvalue weighted by Gasteiger charge is 2.45. The largest absolute Gasteiger partial charge is 0.425 e. The lowest BCUT2D eigenvalue weighted by Crippen LogP contribution is -2.54. The normalized spacial score (nSPS) is 19.9. The minimum absolute atomic E-state index is 0.117. The first-order chi connectivity index (χ1) is 10.4. The molecule has 1 aliphatic rings. The van der Waals surface area contributed by atoms with Gasteiger partial charge in [0.25, 0.3) is 0 Å². The fraction of sp³-hybridized carbons (Fsp3) is 0.421. The summed E-state index contributed by atoms with van der Waals surface area (Å²) in [5.74, 6) is 0. The number of aromatic nitrogens is 1. The molecule has 0 N–H and O–H groups in total. The first kappa shape index (κ1) is 15.3. The Balaban J connectivity index is 1.80. The van der Waals surface area contributed by atoms with E-state index in [9.17, 15) is 0 Å². The maximum absolute atomic E-state index is 6.38. The van der Waals surface area contributed by atoms with Crippen molar-refractivity contribution in [2.24, 2.45) is 5.41 Å². The van der Waals surface area contributed by atoms with Crippen molar-refractivity contribution in [1.29, 1.82) is 0 Å². The summed E-state index contributed by atoms with van der Waals surface area (Å²) in [6.07, 6.45) is 4.20. The van der Waals surface area contributed by atoms with Crippen LogP contribution < -0.4 is 5.46 Å². The molecule has 1 aromatic carbocycles. The van der Waals surface area contributed by atoms with Crippen LogP contribution in [0.5, 0.6) is 0 Å². The number of rotatable bonds is 2. The second kappa shape index (κ2) is 5.55. The predicted octanol–water partition coefficient (Wildman–Crippen LogP) is 4.17. The molecule has 0 amide bonds. The van der Waals surface area contributed by atoms with Gasteiger partial charge in [-0.3, -0.25) is 4.98 Å². The first-order valence-electron chi connectivity index (χ1n) is 8.08. The third-order valence-electron chi connectivity index (χ3n) is 5.33. The molecule has 0 aliphatic carbocycles. The van der Waals surface area contributed by atoms with Gasteiger partial charge < -0.3 is 4.65 Å². The molecule has 1 aromatic heterocycles. The lowest BCUT2D eigenvalue weighted by molar-refractivity contribution is -0.0311. The van der Waals surface area contributed by atoms with E-state index >= 15 is 0 Å². The minimum Gasteiger partial charge on any atom is -0.425 e. The van der Waals surface area contributed by atoms with E-state index in [0.29, 0.717) is 0 Å². The highest BCUT2D eigenvalue weighted by atomic mass is 16.5. The number of benzene rings is 1. The van der Waals surface area contributed by atoms with E-state index in [1.807, 2.05) is 24.4 Å². The average Bonchev–Trinajstić information content (AvgIpc) is 2.51. The van der Waals surface area contributed by atoms with Gasteiger partial charge in [0.15, 0.2) is 0 Å². The van der Waals surface area contributed by atoms with Gasteiger partial charge in [-0.05, 0) is 43.5 Å². The Morgan fingerprint density at radius 3 is 2.32 bits per heavy atom. The third-order valence-corrected chi connectivity index (χ3v) is 5.33. The van der Waals surface area contributed by atoms with Gasteiger partial charge in [0.05, 0.1) is 11.3 Å². The quantitative estimate of drug-likeness (QED) is 0.775. The molecule has 3 rings (SSSR count). The minimum atomic E-state index is -0.117. The Bertz CT molecular complexity index is 634. The fourth-order valence-corrected chi connectivity index (χ4v) is 2.98. The van der Waals surface area contributed by atoms with Crippen LogP contribution >= 0.6 is 0 Å². The molecule has 1 aliphatic heterocycles. The molecule has 1 saturated heterocycles. The van der Waals surface area contributed by atoms with Crippen molar-refractivity contribution in [2.45, 2.75) is 46.0 Å². The summed E-state index contributed by atoms with van der Waals surface area (Å²) in [4.78, 5) is 4.63. The molecule has 0 saturated carbocycles. The SMILES string of the molecule is CC1(C)CCB(c2ccc(-c3ccccc3)nc2)OC1(C)C. The van der Waals surface area contributed by atoms with Crippen LogP contribution in [0.15, 0.2) is 48.7 Å². The molecule has 0 atom stereocenters. The van der Waals surface area contributed by atoms with Crippen LogP contribution in [0.25, 0.3) is 11.3 Å². The monoisotopic (exact) mass is 293 g/mol. The summed E-state index contributed by atoms with van der Waals surface area (Å²) in [5, 5.41) is 0. The molecule has 3 heteroatoms. The van der Waals surface area contributed by atoms with Crippen molar-refractivity contribution >= 4 is 12.4 Å². The zero-order valence-electron chi connectivity index (χ0n) is 14.0. The van der Waals surface area contributed by atoms with E-state index < -0.39 is 0 Å². The van der Waals surface area contributed by atoms with Crippen LogP contribution in [-0.4, -0.2) is 17.5 Å². The van der Waals surface area contributed by atoms with Gasteiger partial charge in [0.1, 0.15) is 0 Å². The Morgan fingerprint density at radius 1 is 1.00 bits per heavy atom. The summed E-state index contributed by atoms with van der Waals surface area (Å²) < 4.78 is 6.38. The maximum atomic E-state index is 6.38. The van der Waals surface area contributed by atoms with E-state index in [1.165, 1.54) is 11.9 Å². The molecular formula is C19H24BNO. The van der Waals surface area contributed by atoms with Crippen molar-refractivity contribution in [3.8, 4) is 11.3 Å². The third kappa shape index (κ3) is 2.82. The van der Waals surface area contributed by atoms with E-state index in [2.05, 4.69) is 56.9 Å². The van der Waals surface area contributed by atoms with Gasteiger partial charge in [-0.15, -0.1) is 0 Å². The summed E-state index contributed by atoms with van der Waals surface area (Å²) >= 11 is 0. The molecule has 2 heterocycles. The van der Waals surface area contributed by atoms with Gasteiger partial charge >= 0.3 is 6.92 Å². The molecule has 0 radical (unpaired) electrons. The van der Waals surface area contributed by atoms with E-state index in [4.69, 9.17) is 4.65 Å². The zero-order valence-corrected chi connectivity index (χ0v) is 14.0. The fourth-order valence-electron chi connectivity index (χ4n) is 2.98. The van der Waals surface area contributed by atoms with E-state index in [0.717, 1.165) is 17.6 Å². The second-order valence-electron chi connectivity index (χ2n) is 7.38. The van der Waals surface area contributed by atoms with Gasteiger partial charge in [0.2, 0.25) is 0 Å². The van der Waals surface area contributed by atoms with Crippen molar-refractivity contribution < 1.29 is 4.65 Å². The van der Waals surface area contributed by atoms with Crippen LogP contribution in [0.1, 0.15) is 34.1 Å². The number of pyridine rings is 1. The first-order valence-corrected chi connectivity index (χ1v) is 8.08. The molecule has 0 bridgehead atoms. The molecule has 2 nitrogen and oxygen atoms in total. The van der Waals surface area contributed by atoms with E-state index in [-0.39, 0.29) is 17.9 Å². The Hall–Kier alpha value is -1.61. The van der Waals surface area contributed by atoms with Crippen LogP contribution in [0, 0.1) is 5.41 Å². The maximum Gasteiger partial charge on any atom is 0.328 e. The second-order valence-corrected chi connectivity index (χ2v) is 7.38. The van der Waals surface area contributed by atoms with Crippen molar-refractivity contribution in [3.63, 3.8) is 0 Å². The van der Waals surface area contributed by atoms with Crippen LogP contribution in [0.3, 0.4) is 0 Å². The molecular weight excluding hydrogens is 269 g/mol. The topological polar surface area (TPSA) is 22.1 Å². The molecule has 0 unspecified atom stereocenters. The molecule has 22 heavy (non-hydrogen) atoms. The average molecular weight is 293 g/mol. The predicted molar refractivity (Wildman–Crippen MR) is 93.4 cm³/mol. The lowest BCUT2D eigenvalue weighted by Gasteiger charge is -2.48. The lowest BCUT2D eigenvalue weighted by atomic mass is 9.51. The van der Waals surface area contributed by atoms with Crippen LogP contribution in [-0.2, 0) is 4.65 Å². The highest BCUT2D eigenvalue weighted by molar-refractivity contribution is 6.67. The van der Waals surface area contributed by atoms with E-state index in [1.54, 1.807) is 0 Å². The summed E-state index contributed by atoms with van der Waals surface area (Å²) in [6.45, 7) is 9.14. The summed E-state index contributed by atoms with van der Waals surface area (Å²) in [6, 6.07) is 14.5. The molecule has 114 valence electrons. The zero-order chi connectivity index (χ0) is 15.8. The molecule has 0 spiro atoms. The summed E-state index contributed by atoms with van der Waals surface area (Å²) in [5.41, 5.74) is 3.44. The van der Waals surface area contributed by atoms with Crippen molar-refractivity contribution in [3.05, 3.63) is 48.7 Å². The van der Waals surface area contributed by atoms with Crippen LogP contribution in [0.4, 0.5) is 0 Å². The van der Waals surface area contributed by atoms with Crippen molar-refractivity contribution in [1.82, 2.24) is 4.98 Å². The Morgan fingerprint density at radius 2 is 1.73 bits per heavy atom. The van der Waals surface area contributed by atoms with Gasteiger partial charge in [-0.2, -0.15) is 0 Å². The number of hydrogen-bond donors (Lipinski definition) is 0. The van der Waals surface area contributed by atoms with Gasteiger partial charge in [-0.1, -0.05) is 50.2 Å². The summed E-state index contributed by atoms with van der Waals surface area (Å²) in [7, 11) is 0. The molecule has 2 aromatic rings. The smallest absolute Gasteiger partial charge is 0.328 e. The standard InChI is InChI=1S/C19H24BNO/c1-18(2)12-13-20(22-19(18,3)4)16-10-11-17(21-14-16)15-8-6-5-7-9-15/h5-11,14H,12-13H2,1-4H3. The Kier molecular flexibility index (Phi) is 3.86.